The molecule has 0 spiro atoms. The summed E-state index contributed by atoms with van der Waals surface area (Å²) in [6.45, 7) is 1.74. The van der Waals surface area contributed by atoms with E-state index < -0.39 is 15.9 Å². The molecule has 1 atom stereocenters. The molecule has 3 N–H and O–H groups in total. The number of nitrogens with one attached hydrogen (secondary N) is 1. The fourth-order valence-corrected chi connectivity index (χ4v) is 4.30. The molecule has 32 heavy (non-hydrogen) atoms. The van der Waals surface area contributed by atoms with Crippen molar-refractivity contribution < 1.29 is 8.42 Å². The topological polar surface area (TPSA) is 133 Å². The lowest BCUT2D eigenvalue weighted by Gasteiger charge is -2.21. The van der Waals surface area contributed by atoms with Gasteiger partial charge in [0.2, 0.25) is 5.95 Å². The van der Waals surface area contributed by atoms with E-state index in [2.05, 4.69) is 20.3 Å². The number of fused-ring (bicyclic) bond motifs is 1. The first-order valence-corrected chi connectivity index (χ1v) is 11.8. The Morgan fingerprint density at radius 3 is 2.50 bits per heavy atom. The van der Waals surface area contributed by atoms with Crippen molar-refractivity contribution in [2.45, 2.75) is 17.9 Å². The number of benzene rings is 2. The Morgan fingerprint density at radius 1 is 1.09 bits per heavy atom. The highest BCUT2D eigenvalue weighted by molar-refractivity contribution is 7.90. The third-order valence-electron chi connectivity index (χ3n) is 4.80. The summed E-state index contributed by atoms with van der Waals surface area (Å²) in [6.07, 6.45) is 2.19. The van der Waals surface area contributed by atoms with Gasteiger partial charge >= 0.3 is 0 Å². The SMILES string of the molecule is C[C@@H](Nc1nc(N)ncc1S(C)(=O)=O)c1nc2cccc(Cl)c2c(=O)n1-c1ccccc1. The van der Waals surface area contributed by atoms with Crippen LogP contribution in [0.3, 0.4) is 0 Å². The Hall–Kier alpha value is -3.50. The van der Waals surface area contributed by atoms with Crippen molar-refractivity contribution in [1.29, 1.82) is 0 Å². The monoisotopic (exact) mass is 470 g/mol. The van der Waals surface area contributed by atoms with E-state index in [-0.39, 0.29) is 27.6 Å². The average Bonchev–Trinajstić information content (AvgIpc) is 2.73. The molecule has 0 aliphatic carbocycles. The molecule has 2 aromatic heterocycles. The molecule has 4 aromatic rings. The van der Waals surface area contributed by atoms with Crippen LogP contribution < -0.4 is 16.6 Å². The zero-order valence-electron chi connectivity index (χ0n) is 17.2. The number of aromatic nitrogens is 4. The maximum Gasteiger partial charge on any atom is 0.267 e. The van der Waals surface area contributed by atoms with Crippen LogP contribution in [0.5, 0.6) is 0 Å². The van der Waals surface area contributed by atoms with Crippen molar-refractivity contribution in [3.05, 3.63) is 75.9 Å². The highest BCUT2D eigenvalue weighted by Crippen LogP contribution is 2.26. The summed E-state index contributed by atoms with van der Waals surface area (Å²) < 4.78 is 25.8. The van der Waals surface area contributed by atoms with Crippen LogP contribution in [0, 0.1) is 0 Å². The van der Waals surface area contributed by atoms with E-state index in [4.69, 9.17) is 17.3 Å². The van der Waals surface area contributed by atoms with E-state index in [1.165, 1.54) is 4.57 Å². The van der Waals surface area contributed by atoms with Crippen LogP contribution in [0.2, 0.25) is 5.02 Å². The summed E-state index contributed by atoms with van der Waals surface area (Å²) >= 11 is 6.31. The molecule has 0 fully saturated rings. The van der Waals surface area contributed by atoms with Crippen molar-refractivity contribution in [2.24, 2.45) is 0 Å². The zero-order chi connectivity index (χ0) is 23.0. The van der Waals surface area contributed by atoms with Crippen molar-refractivity contribution in [3.63, 3.8) is 0 Å². The van der Waals surface area contributed by atoms with Gasteiger partial charge in [-0.25, -0.2) is 18.4 Å². The molecular formula is C21H19ClN6O3S. The molecule has 0 saturated carbocycles. The minimum Gasteiger partial charge on any atom is -0.368 e. The summed E-state index contributed by atoms with van der Waals surface area (Å²) in [4.78, 5) is 25.9. The summed E-state index contributed by atoms with van der Waals surface area (Å²) in [6, 6.07) is 13.4. The first-order chi connectivity index (χ1) is 15.2. The number of nitrogens with two attached hydrogens (primary N) is 1. The number of sulfone groups is 1. The number of halogens is 1. The first kappa shape index (κ1) is 21.7. The van der Waals surface area contributed by atoms with E-state index in [1.54, 1.807) is 49.4 Å². The van der Waals surface area contributed by atoms with Gasteiger partial charge in [-0.2, -0.15) is 4.98 Å². The van der Waals surface area contributed by atoms with E-state index >= 15 is 0 Å². The van der Waals surface area contributed by atoms with E-state index in [0.29, 0.717) is 22.1 Å². The molecule has 11 heteroatoms. The second-order valence-corrected chi connectivity index (χ2v) is 9.55. The van der Waals surface area contributed by atoms with Crippen molar-refractivity contribution in [3.8, 4) is 5.69 Å². The van der Waals surface area contributed by atoms with E-state index in [9.17, 15) is 13.2 Å². The van der Waals surface area contributed by atoms with Gasteiger partial charge in [0.25, 0.3) is 5.56 Å². The quantitative estimate of drug-likeness (QED) is 0.454. The molecule has 0 radical (unpaired) electrons. The molecule has 0 bridgehead atoms. The normalized spacial score (nSPS) is 12.6. The fourth-order valence-electron chi connectivity index (χ4n) is 3.35. The highest BCUT2D eigenvalue weighted by Gasteiger charge is 2.23. The average molecular weight is 471 g/mol. The number of anilines is 2. The van der Waals surface area contributed by atoms with Crippen LogP contribution in [-0.4, -0.2) is 34.2 Å². The number of nitrogen functional groups attached to an aromatic ring is 1. The van der Waals surface area contributed by atoms with Crippen LogP contribution in [-0.2, 0) is 9.84 Å². The standard InChI is InChI=1S/C21H19ClN6O3S/c1-12(25-18-16(32(2,30)31)11-24-21(23)27-18)19-26-15-10-6-9-14(22)17(15)20(29)28(19)13-7-4-3-5-8-13/h3-12H,1-2H3,(H3,23,24,25,27)/t12-/m1/s1. The van der Waals surface area contributed by atoms with Gasteiger partial charge in [0.15, 0.2) is 15.7 Å². The highest BCUT2D eigenvalue weighted by atomic mass is 35.5. The lowest BCUT2D eigenvalue weighted by atomic mass is 10.2. The van der Waals surface area contributed by atoms with Crippen molar-refractivity contribution >= 4 is 44.1 Å². The van der Waals surface area contributed by atoms with Gasteiger partial charge in [-0.3, -0.25) is 9.36 Å². The second-order valence-electron chi connectivity index (χ2n) is 7.16. The second kappa shape index (κ2) is 8.21. The lowest BCUT2D eigenvalue weighted by molar-refractivity contribution is 0.601. The molecule has 0 aliphatic heterocycles. The molecule has 0 aliphatic rings. The first-order valence-electron chi connectivity index (χ1n) is 9.52. The Kier molecular flexibility index (Phi) is 5.57. The molecule has 0 unspecified atom stereocenters. The maximum absolute atomic E-state index is 13.5. The van der Waals surface area contributed by atoms with E-state index in [1.807, 2.05) is 6.07 Å². The number of hydrogen-bond acceptors (Lipinski definition) is 8. The molecule has 164 valence electrons. The van der Waals surface area contributed by atoms with Crippen LogP contribution in [0.1, 0.15) is 18.8 Å². The third-order valence-corrected chi connectivity index (χ3v) is 6.21. The predicted molar refractivity (Wildman–Crippen MR) is 124 cm³/mol. The summed E-state index contributed by atoms with van der Waals surface area (Å²) in [5, 5.41) is 3.61. The van der Waals surface area contributed by atoms with E-state index in [0.717, 1.165) is 12.5 Å². The minimum atomic E-state index is -3.64. The number of para-hydroxylation sites is 1. The van der Waals surface area contributed by atoms with Crippen LogP contribution in [0.4, 0.5) is 11.8 Å². The molecule has 0 saturated heterocycles. The Labute approximate surface area is 188 Å². The summed E-state index contributed by atoms with van der Waals surface area (Å²) in [5.74, 6) is 0.269. The Bertz CT molecular complexity index is 1490. The van der Waals surface area contributed by atoms with Gasteiger partial charge in [-0.05, 0) is 31.2 Å². The van der Waals surface area contributed by atoms with Crippen molar-refractivity contribution in [1.82, 2.24) is 19.5 Å². The number of hydrogen-bond donors (Lipinski definition) is 2. The van der Waals surface area contributed by atoms with Crippen LogP contribution in [0.25, 0.3) is 16.6 Å². The molecule has 2 aromatic carbocycles. The minimum absolute atomic E-state index is 0.0209. The molecule has 2 heterocycles. The summed E-state index contributed by atoms with van der Waals surface area (Å²) in [7, 11) is -3.64. The zero-order valence-corrected chi connectivity index (χ0v) is 18.7. The summed E-state index contributed by atoms with van der Waals surface area (Å²) in [5.41, 5.74) is 6.34. The third kappa shape index (κ3) is 4.02. The van der Waals surface area contributed by atoms with Crippen LogP contribution in [0.15, 0.2) is 64.4 Å². The number of rotatable bonds is 5. The van der Waals surface area contributed by atoms with Gasteiger partial charge in [0.1, 0.15) is 10.7 Å². The van der Waals surface area contributed by atoms with Crippen molar-refractivity contribution in [2.75, 3.05) is 17.3 Å². The van der Waals surface area contributed by atoms with Gasteiger partial charge in [0, 0.05) is 6.26 Å². The van der Waals surface area contributed by atoms with Crippen LogP contribution >= 0.6 is 11.6 Å². The van der Waals surface area contributed by atoms with Gasteiger partial charge in [-0.15, -0.1) is 0 Å². The predicted octanol–water partition coefficient (Wildman–Crippen LogP) is 2.99. The lowest BCUT2D eigenvalue weighted by Crippen LogP contribution is -2.28. The molecule has 4 rings (SSSR count). The smallest absolute Gasteiger partial charge is 0.267 e. The Morgan fingerprint density at radius 2 is 1.81 bits per heavy atom. The van der Waals surface area contributed by atoms with Gasteiger partial charge < -0.3 is 11.1 Å². The largest absolute Gasteiger partial charge is 0.368 e. The molecular weight excluding hydrogens is 452 g/mol. The Balaban J connectivity index is 1.94. The molecule has 9 nitrogen and oxygen atoms in total. The van der Waals surface area contributed by atoms with Gasteiger partial charge in [-0.1, -0.05) is 35.9 Å². The fraction of sp³-hybridized carbons (Fsp3) is 0.143. The van der Waals surface area contributed by atoms with Gasteiger partial charge in [0.05, 0.1) is 33.9 Å². The maximum atomic E-state index is 13.5. The molecule has 0 amide bonds. The number of nitrogens with zero attached hydrogens (tertiary/aromatic N) is 4.